The molecule has 29 heavy (non-hydrogen) atoms. The van der Waals surface area contributed by atoms with Crippen molar-refractivity contribution in [2.45, 2.75) is 83.5 Å². The van der Waals surface area contributed by atoms with Gasteiger partial charge in [-0.25, -0.2) is 0 Å². The lowest BCUT2D eigenvalue weighted by Crippen LogP contribution is -2.16. The van der Waals surface area contributed by atoms with E-state index >= 15 is 0 Å². The number of benzene rings is 2. The summed E-state index contributed by atoms with van der Waals surface area (Å²) in [4.78, 5) is 24.9. The van der Waals surface area contributed by atoms with Crippen molar-refractivity contribution in [2.24, 2.45) is 0 Å². The van der Waals surface area contributed by atoms with Crippen molar-refractivity contribution < 1.29 is 9.59 Å². The zero-order valence-corrected chi connectivity index (χ0v) is 18.7. The molecular weight excluding hydrogens is 356 g/mol. The van der Waals surface area contributed by atoms with Crippen LogP contribution in [0.5, 0.6) is 0 Å². The monoisotopic (exact) mass is 390 g/mol. The smallest absolute Gasteiger partial charge is 0.140 e. The lowest BCUT2D eigenvalue weighted by molar-refractivity contribution is -0.126. The molecule has 1 aliphatic rings. The summed E-state index contributed by atoms with van der Waals surface area (Å²) in [6.45, 7) is 13.2. The van der Waals surface area contributed by atoms with Gasteiger partial charge in [-0.3, -0.25) is 9.59 Å². The number of Topliss-reactive ketones (excluding diaryl/α,β-unsaturated/α-hetero) is 2. The SMILES string of the molecule is CC(C)(C)c1ccc([C@H]2CC(=O)CC(=O)C[C@H]2c2ccc(C(C)(C)C)cc2)cc1. The minimum absolute atomic E-state index is 0.0449. The van der Waals surface area contributed by atoms with Gasteiger partial charge in [0.2, 0.25) is 0 Å². The van der Waals surface area contributed by atoms with Crippen LogP contribution in [0.15, 0.2) is 48.5 Å². The fourth-order valence-electron chi connectivity index (χ4n) is 4.30. The lowest BCUT2D eigenvalue weighted by Gasteiger charge is -2.27. The fourth-order valence-corrected chi connectivity index (χ4v) is 4.30. The van der Waals surface area contributed by atoms with E-state index in [1.165, 1.54) is 11.1 Å². The molecule has 0 heterocycles. The zero-order chi connectivity index (χ0) is 21.4. The molecule has 0 aromatic heterocycles. The zero-order valence-electron chi connectivity index (χ0n) is 18.7. The second-order valence-electron chi connectivity index (χ2n) is 10.6. The van der Waals surface area contributed by atoms with E-state index in [-0.39, 0.29) is 40.7 Å². The minimum Gasteiger partial charge on any atom is -0.299 e. The first-order valence-corrected chi connectivity index (χ1v) is 10.7. The lowest BCUT2D eigenvalue weighted by atomic mass is 9.76. The van der Waals surface area contributed by atoms with Gasteiger partial charge in [0.25, 0.3) is 0 Å². The molecule has 0 spiro atoms. The Morgan fingerprint density at radius 1 is 0.586 bits per heavy atom. The molecule has 154 valence electrons. The summed E-state index contributed by atoms with van der Waals surface area (Å²) in [6.07, 6.45) is 0.950. The first-order valence-electron chi connectivity index (χ1n) is 10.7. The van der Waals surface area contributed by atoms with Gasteiger partial charge in [0.1, 0.15) is 11.6 Å². The third-order valence-corrected chi connectivity index (χ3v) is 6.18. The summed E-state index contributed by atoms with van der Waals surface area (Å²) in [5.74, 6) is 0.217. The number of rotatable bonds is 2. The van der Waals surface area contributed by atoms with Crippen molar-refractivity contribution in [2.75, 3.05) is 0 Å². The first kappa shape index (κ1) is 21.5. The summed E-state index contributed by atoms with van der Waals surface area (Å²) < 4.78 is 0. The third-order valence-electron chi connectivity index (χ3n) is 6.18. The van der Waals surface area contributed by atoms with Crippen LogP contribution < -0.4 is 0 Å². The van der Waals surface area contributed by atoms with Crippen LogP contribution in [0, 0.1) is 0 Å². The Bertz CT molecular complexity index is 799. The molecule has 2 heteroatoms. The normalized spacial score (nSPS) is 21.2. The van der Waals surface area contributed by atoms with Gasteiger partial charge in [0, 0.05) is 12.8 Å². The maximum Gasteiger partial charge on any atom is 0.140 e. The molecule has 0 unspecified atom stereocenters. The third kappa shape index (κ3) is 5.04. The Morgan fingerprint density at radius 2 is 0.897 bits per heavy atom. The molecule has 3 rings (SSSR count). The van der Waals surface area contributed by atoms with Gasteiger partial charge in [-0.1, -0.05) is 90.1 Å². The molecule has 2 atom stereocenters. The van der Waals surface area contributed by atoms with Crippen LogP contribution in [0.25, 0.3) is 0 Å². The molecule has 2 aromatic carbocycles. The van der Waals surface area contributed by atoms with Crippen LogP contribution in [0.3, 0.4) is 0 Å². The summed E-state index contributed by atoms with van der Waals surface area (Å²) in [5.41, 5.74) is 5.06. The molecule has 0 radical (unpaired) electrons. The van der Waals surface area contributed by atoms with Gasteiger partial charge in [-0.05, 0) is 44.9 Å². The van der Waals surface area contributed by atoms with Crippen LogP contribution in [0.2, 0.25) is 0 Å². The Kier molecular flexibility index (Phi) is 5.85. The highest BCUT2D eigenvalue weighted by molar-refractivity contribution is 6.00. The summed E-state index contributed by atoms with van der Waals surface area (Å²) in [5, 5.41) is 0. The Morgan fingerprint density at radius 3 is 1.17 bits per heavy atom. The van der Waals surface area contributed by atoms with Crippen molar-refractivity contribution in [3.05, 3.63) is 70.8 Å². The predicted molar refractivity (Wildman–Crippen MR) is 120 cm³/mol. The molecule has 0 aliphatic heterocycles. The van der Waals surface area contributed by atoms with E-state index in [0.29, 0.717) is 12.8 Å². The van der Waals surface area contributed by atoms with Crippen molar-refractivity contribution in [1.82, 2.24) is 0 Å². The van der Waals surface area contributed by atoms with Crippen molar-refractivity contribution in [3.8, 4) is 0 Å². The number of ketones is 2. The average molecular weight is 391 g/mol. The Balaban J connectivity index is 1.99. The largest absolute Gasteiger partial charge is 0.299 e. The van der Waals surface area contributed by atoms with Gasteiger partial charge in [0.05, 0.1) is 6.42 Å². The molecule has 0 saturated heterocycles. The quantitative estimate of drug-likeness (QED) is 0.435. The van der Waals surface area contributed by atoms with Crippen LogP contribution in [0.4, 0.5) is 0 Å². The minimum atomic E-state index is 0.0449. The molecule has 1 aliphatic carbocycles. The average Bonchev–Trinajstić information content (AvgIpc) is 2.78. The molecule has 2 nitrogen and oxygen atoms in total. The van der Waals surface area contributed by atoms with E-state index in [9.17, 15) is 9.59 Å². The van der Waals surface area contributed by atoms with Crippen molar-refractivity contribution >= 4 is 11.6 Å². The van der Waals surface area contributed by atoms with E-state index < -0.39 is 0 Å². The fraction of sp³-hybridized carbons (Fsp3) is 0.481. The summed E-state index contributed by atoms with van der Waals surface area (Å²) in [7, 11) is 0. The van der Waals surface area contributed by atoms with Crippen molar-refractivity contribution in [1.29, 1.82) is 0 Å². The van der Waals surface area contributed by atoms with Gasteiger partial charge < -0.3 is 0 Å². The van der Waals surface area contributed by atoms with Crippen LogP contribution in [0.1, 0.15) is 94.9 Å². The summed E-state index contributed by atoms with van der Waals surface area (Å²) in [6, 6.07) is 17.3. The Hall–Kier alpha value is -2.22. The van der Waals surface area contributed by atoms with E-state index in [1.807, 2.05) is 0 Å². The first-order chi connectivity index (χ1) is 13.4. The number of carbonyl (C=O) groups excluding carboxylic acids is 2. The van der Waals surface area contributed by atoms with Crippen LogP contribution >= 0.6 is 0 Å². The number of hydrogen-bond donors (Lipinski definition) is 0. The van der Waals surface area contributed by atoms with E-state index in [2.05, 4.69) is 90.1 Å². The Labute approximate surface area is 175 Å². The highest BCUT2D eigenvalue weighted by Crippen LogP contribution is 2.42. The van der Waals surface area contributed by atoms with E-state index in [0.717, 1.165) is 11.1 Å². The highest BCUT2D eigenvalue weighted by atomic mass is 16.1. The number of hydrogen-bond acceptors (Lipinski definition) is 2. The van der Waals surface area contributed by atoms with Gasteiger partial charge in [0.15, 0.2) is 0 Å². The molecule has 0 N–H and O–H groups in total. The van der Waals surface area contributed by atoms with Gasteiger partial charge in [-0.2, -0.15) is 0 Å². The molecule has 2 aromatic rings. The standard InChI is InChI=1S/C27H34O2/c1-26(2,3)20-11-7-18(8-12-20)24-16-22(28)15-23(29)17-25(24)19-9-13-21(14-10-19)27(4,5)6/h7-14,24-25H,15-17H2,1-6H3/t24-,25+. The maximum atomic E-state index is 12.4. The molecule has 1 fully saturated rings. The molecule has 0 amide bonds. The molecule has 0 bridgehead atoms. The maximum absolute atomic E-state index is 12.4. The molecular formula is C27H34O2. The van der Waals surface area contributed by atoms with Crippen LogP contribution in [-0.2, 0) is 20.4 Å². The second kappa shape index (κ2) is 7.89. The van der Waals surface area contributed by atoms with E-state index in [1.54, 1.807) is 0 Å². The second-order valence-corrected chi connectivity index (χ2v) is 10.6. The van der Waals surface area contributed by atoms with Gasteiger partial charge in [-0.15, -0.1) is 0 Å². The van der Waals surface area contributed by atoms with Crippen molar-refractivity contribution in [3.63, 3.8) is 0 Å². The van der Waals surface area contributed by atoms with E-state index in [4.69, 9.17) is 0 Å². The predicted octanol–water partition coefficient (Wildman–Crippen LogP) is 6.47. The topological polar surface area (TPSA) is 34.1 Å². The molecule has 1 saturated carbocycles. The van der Waals surface area contributed by atoms with Gasteiger partial charge >= 0.3 is 0 Å². The summed E-state index contributed by atoms with van der Waals surface area (Å²) >= 11 is 0. The highest BCUT2D eigenvalue weighted by Gasteiger charge is 2.33. The number of carbonyl (C=O) groups is 2. The van der Waals surface area contributed by atoms with Crippen LogP contribution in [-0.4, -0.2) is 11.6 Å².